The molecule has 0 spiro atoms. The normalized spacial score (nSPS) is 18.4. The minimum Gasteiger partial charge on any atom is -0.332 e. The summed E-state index contributed by atoms with van der Waals surface area (Å²) in [5, 5.41) is 0. The minimum atomic E-state index is -0.544. The molecule has 1 aromatic carbocycles. The number of rotatable bonds is 4. The van der Waals surface area contributed by atoms with Gasteiger partial charge in [0.05, 0.1) is 17.8 Å². The van der Waals surface area contributed by atoms with E-state index in [4.69, 9.17) is 4.98 Å². The average molecular weight is 449 g/mol. The number of aromatic nitrogens is 4. The molecule has 0 bridgehead atoms. The molecule has 2 aliphatic rings. The van der Waals surface area contributed by atoms with Crippen molar-refractivity contribution in [2.75, 3.05) is 19.6 Å². The zero-order valence-electron chi connectivity index (χ0n) is 18.4. The Hall–Kier alpha value is -3.46. The number of likely N-dealkylation sites (tertiary alicyclic amines) is 1. The highest BCUT2D eigenvalue weighted by Gasteiger charge is 2.30. The standard InChI is InChI=1S/C24H25FN6O2/c1-15-26-10-16(11-27-15)12-30-8-6-17(13-30)22-28-21-14-31(9-7-19(21)23(32)29-22)24(33)18-4-2-3-5-20(18)25/h2-5,10-11,17H,6-9,12-14H2,1H3,(H,28,29,32)/t17-/m0/s1. The van der Waals surface area contributed by atoms with Crippen LogP contribution in [0.25, 0.3) is 0 Å². The lowest BCUT2D eigenvalue weighted by Gasteiger charge is -2.28. The Morgan fingerprint density at radius 3 is 2.79 bits per heavy atom. The quantitative estimate of drug-likeness (QED) is 0.658. The number of carbonyl (C=O) groups is 1. The van der Waals surface area contributed by atoms with Gasteiger partial charge in [-0.05, 0) is 38.4 Å². The monoisotopic (exact) mass is 448 g/mol. The van der Waals surface area contributed by atoms with E-state index in [1.54, 1.807) is 17.0 Å². The Labute approximate surface area is 190 Å². The van der Waals surface area contributed by atoms with E-state index in [0.29, 0.717) is 30.0 Å². The summed E-state index contributed by atoms with van der Waals surface area (Å²) in [5.41, 5.74) is 2.17. The van der Waals surface area contributed by atoms with Crippen LogP contribution in [0.15, 0.2) is 41.5 Å². The smallest absolute Gasteiger partial charge is 0.257 e. The molecule has 4 heterocycles. The molecule has 0 aliphatic carbocycles. The van der Waals surface area contributed by atoms with Crippen LogP contribution in [-0.4, -0.2) is 55.3 Å². The molecule has 0 radical (unpaired) electrons. The topological polar surface area (TPSA) is 95.1 Å². The maximum atomic E-state index is 14.1. The first-order valence-electron chi connectivity index (χ1n) is 11.1. The van der Waals surface area contributed by atoms with E-state index in [9.17, 15) is 14.0 Å². The fourth-order valence-electron chi connectivity index (χ4n) is 4.59. The SMILES string of the molecule is Cc1ncc(CN2CC[C@H](c3nc4c(c(=O)[nH]3)CCN(C(=O)c3ccccc3F)C4)C2)cn1. The number of fused-ring (bicyclic) bond motifs is 1. The summed E-state index contributed by atoms with van der Waals surface area (Å²) in [5.74, 6) is 0.581. The van der Waals surface area contributed by atoms with Crippen LogP contribution < -0.4 is 5.56 Å². The molecule has 3 aromatic rings. The maximum Gasteiger partial charge on any atom is 0.257 e. The molecule has 2 aromatic heterocycles. The first-order chi connectivity index (χ1) is 16.0. The molecule has 1 N–H and O–H groups in total. The molecular formula is C24H25FN6O2. The van der Waals surface area contributed by atoms with Crippen molar-refractivity contribution in [2.45, 2.75) is 38.8 Å². The van der Waals surface area contributed by atoms with Crippen LogP contribution in [0.4, 0.5) is 4.39 Å². The van der Waals surface area contributed by atoms with Crippen molar-refractivity contribution >= 4 is 5.91 Å². The molecule has 0 saturated carbocycles. The lowest BCUT2D eigenvalue weighted by atomic mass is 10.0. The second-order valence-corrected chi connectivity index (χ2v) is 8.69. The highest BCUT2D eigenvalue weighted by molar-refractivity contribution is 5.94. The van der Waals surface area contributed by atoms with Crippen LogP contribution in [0.5, 0.6) is 0 Å². The Kier molecular flexibility index (Phi) is 5.72. The van der Waals surface area contributed by atoms with Gasteiger partial charge in [0.15, 0.2) is 0 Å². The lowest BCUT2D eigenvalue weighted by Crippen LogP contribution is -2.40. The molecule has 0 unspecified atom stereocenters. The van der Waals surface area contributed by atoms with Crippen molar-refractivity contribution in [3.63, 3.8) is 0 Å². The average Bonchev–Trinajstić information content (AvgIpc) is 3.28. The Morgan fingerprint density at radius 1 is 1.21 bits per heavy atom. The predicted molar refractivity (Wildman–Crippen MR) is 119 cm³/mol. The Bertz CT molecular complexity index is 1240. The van der Waals surface area contributed by atoms with Crippen LogP contribution in [0.2, 0.25) is 0 Å². The molecule has 9 heteroatoms. The molecule has 170 valence electrons. The van der Waals surface area contributed by atoms with Gasteiger partial charge in [0.25, 0.3) is 11.5 Å². The van der Waals surface area contributed by atoms with Gasteiger partial charge in [0, 0.05) is 49.1 Å². The molecule has 1 atom stereocenters. The Balaban J connectivity index is 1.31. The third-order valence-corrected chi connectivity index (χ3v) is 6.38. The summed E-state index contributed by atoms with van der Waals surface area (Å²) >= 11 is 0. The number of halogens is 1. The van der Waals surface area contributed by atoms with Crippen molar-refractivity contribution in [2.24, 2.45) is 0 Å². The van der Waals surface area contributed by atoms with E-state index < -0.39 is 5.82 Å². The highest BCUT2D eigenvalue weighted by Crippen LogP contribution is 2.27. The van der Waals surface area contributed by atoms with Gasteiger partial charge in [-0.15, -0.1) is 0 Å². The van der Waals surface area contributed by atoms with E-state index >= 15 is 0 Å². The van der Waals surface area contributed by atoms with Crippen LogP contribution in [0.3, 0.4) is 0 Å². The summed E-state index contributed by atoms with van der Waals surface area (Å²) in [6.45, 7) is 4.83. The van der Waals surface area contributed by atoms with Gasteiger partial charge >= 0.3 is 0 Å². The molecule has 33 heavy (non-hydrogen) atoms. The van der Waals surface area contributed by atoms with Crippen LogP contribution in [0.1, 0.15) is 51.2 Å². The zero-order chi connectivity index (χ0) is 22.9. The van der Waals surface area contributed by atoms with Gasteiger partial charge in [-0.25, -0.2) is 19.3 Å². The first-order valence-corrected chi connectivity index (χ1v) is 11.1. The molecule has 1 saturated heterocycles. The third kappa shape index (κ3) is 4.41. The van der Waals surface area contributed by atoms with Gasteiger partial charge in [-0.3, -0.25) is 14.5 Å². The third-order valence-electron chi connectivity index (χ3n) is 6.38. The van der Waals surface area contributed by atoms with E-state index in [1.165, 1.54) is 12.1 Å². The number of aryl methyl sites for hydroxylation is 1. The van der Waals surface area contributed by atoms with Crippen LogP contribution >= 0.6 is 0 Å². The second kappa shape index (κ2) is 8.82. The number of carbonyl (C=O) groups excluding carboxylic acids is 1. The van der Waals surface area contributed by atoms with Crippen LogP contribution in [-0.2, 0) is 19.5 Å². The number of H-pyrrole nitrogens is 1. The molecule has 2 aliphatic heterocycles. The number of nitrogens with one attached hydrogen (secondary N) is 1. The number of benzene rings is 1. The predicted octanol–water partition coefficient (Wildman–Crippen LogP) is 2.20. The van der Waals surface area contributed by atoms with Crippen molar-refractivity contribution in [3.8, 4) is 0 Å². The zero-order valence-corrected chi connectivity index (χ0v) is 18.4. The van der Waals surface area contributed by atoms with Crippen molar-refractivity contribution in [1.29, 1.82) is 0 Å². The lowest BCUT2D eigenvalue weighted by molar-refractivity contribution is 0.0726. The van der Waals surface area contributed by atoms with E-state index in [0.717, 1.165) is 37.4 Å². The fraction of sp³-hybridized carbons (Fsp3) is 0.375. The fourth-order valence-corrected chi connectivity index (χ4v) is 4.59. The van der Waals surface area contributed by atoms with Crippen molar-refractivity contribution in [3.05, 3.63) is 86.9 Å². The number of hydrogen-bond donors (Lipinski definition) is 1. The molecule has 5 rings (SSSR count). The summed E-state index contributed by atoms with van der Waals surface area (Å²) in [6.07, 6.45) is 4.97. The number of amides is 1. The molecular weight excluding hydrogens is 423 g/mol. The number of hydrogen-bond acceptors (Lipinski definition) is 6. The maximum absolute atomic E-state index is 14.1. The molecule has 1 fully saturated rings. The van der Waals surface area contributed by atoms with Gasteiger partial charge in [-0.2, -0.15) is 0 Å². The summed E-state index contributed by atoms with van der Waals surface area (Å²) in [6, 6.07) is 5.96. The van der Waals surface area contributed by atoms with Gasteiger partial charge in [0.2, 0.25) is 0 Å². The van der Waals surface area contributed by atoms with Gasteiger partial charge in [0.1, 0.15) is 17.5 Å². The second-order valence-electron chi connectivity index (χ2n) is 8.69. The van der Waals surface area contributed by atoms with Gasteiger partial charge < -0.3 is 9.88 Å². The first kappa shape index (κ1) is 21.4. The van der Waals surface area contributed by atoms with Crippen molar-refractivity contribution in [1.82, 2.24) is 29.7 Å². The van der Waals surface area contributed by atoms with E-state index in [-0.39, 0.29) is 29.5 Å². The molecule has 1 amide bonds. The molecule has 8 nitrogen and oxygen atoms in total. The Morgan fingerprint density at radius 2 is 2.00 bits per heavy atom. The van der Waals surface area contributed by atoms with E-state index in [2.05, 4.69) is 19.9 Å². The summed E-state index contributed by atoms with van der Waals surface area (Å²) in [4.78, 5) is 45.7. The summed E-state index contributed by atoms with van der Waals surface area (Å²) in [7, 11) is 0. The number of aromatic amines is 1. The largest absolute Gasteiger partial charge is 0.332 e. The van der Waals surface area contributed by atoms with E-state index in [1.807, 2.05) is 19.3 Å². The minimum absolute atomic E-state index is 0.0394. The summed E-state index contributed by atoms with van der Waals surface area (Å²) < 4.78 is 14.1. The van der Waals surface area contributed by atoms with Crippen molar-refractivity contribution < 1.29 is 9.18 Å². The van der Waals surface area contributed by atoms with Gasteiger partial charge in [-0.1, -0.05) is 12.1 Å². The number of nitrogens with zero attached hydrogens (tertiary/aromatic N) is 5. The van der Waals surface area contributed by atoms with Crippen LogP contribution in [0, 0.1) is 12.7 Å². The highest BCUT2D eigenvalue weighted by atomic mass is 19.1.